The van der Waals surface area contributed by atoms with Crippen LogP contribution in [0.15, 0.2) is 94.7 Å². The second-order valence-electron chi connectivity index (χ2n) is 9.21. The summed E-state index contributed by atoms with van der Waals surface area (Å²) < 4.78 is 35.0. The minimum Gasteiger partial charge on any atom is -0.341 e. The van der Waals surface area contributed by atoms with Gasteiger partial charge in [-0.2, -0.15) is 0 Å². The van der Waals surface area contributed by atoms with Crippen LogP contribution in [0.5, 0.6) is 0 Å². The number of rotatable bonds is 6. The molecule has 6 rings (SSSR count). The van der Waals surface area contributed by atoms with Crippen molar-refractivity contribution < 1.29 is 8.42 Å². The van der Waals surface area contributed by atoms with Crippen molar-refractivity contribution in [1.82, 2.24) is 28.0 Å². The van der Waals surface area contributed by atoms with Gasteiger partial charge in [-0.15, -0.1) is 0 Å². The molecular formula is C28H26N6O3S. The van der Waals surface area contributed by atoms with Crippen molar-refractivity contribution in [3.8, 4) is 17.2 Å². The van der Waals surface area contributed by atoms with Gasteiger partial charge in [-0.3, -0.25) is 13.7 Å². The van der Waals surface area contributed by atoms with E-state index < -0.39 is 10.0 Å². The second-order valence-corrected chi connectivity index (χ2v) is 11.1. The average Bonchev–Trinajstić information content (AvgIpc) is 3.60. The van der Waals surface area contributed by atoms with Crippen molar-refractivity contribution in [3.05, 3.63) is 101 Å². The summed E-state index contributed by atoms with van der Waals surface area (Å²) in [7, 11) is 1.20. The fourth-order valence-electron chi connectivity index (χ4n) is 4.94. The summed E-state index contributed by atoms with van der Waals surface area (Å²) >= 11 is 0. The van der Waals surface area contributed by atoms with E-state index in [-0.39, 0.29) is 10.6 Å². The topological polar surface area (TPSA) is 95.8 Å². The van der Waals surface area contributed by atoms with E-state index in [9.17, 15) is 13.2 Å². The van der Waals surface area contributed by atoms with Crippen LogP contribution >= 0.6 is 0 Å². The number of benzene rings is 3. The van der Waals surface area contributed by atoms with Crippen LogP contribution < -0.4 is 10.4 Å². The predicted molar refractivity (Wildman–Crippen MR) is 148 cm³/mol. The molecule has 0 atom stereocenters. The smallest absolute Gasteiger partial charge is 0.328 e. The van der Waals surface area contributed by atoms with E-state index in [0.29, 0.717) is 23.4 Å². The summed E-state index contributed by atoms with van der Waals surface area (Å²) in [6, 6.07) is 24.8. The standard InChI is InChI=1S/C28H26N6O3S/c1-29-38(36,37)21-12-13-22-25(17-21)34(20-11-14-23-26(16-20)32(3)28(35)31(23)2)27(30-22)24-10-7-15-33(24)18-19-8-5-4-6-9-19/h4-17,29H,18H2,1-3H3. The third kappa shape index (κ3) is 3.77. The lowest BCUT2D eigenvalue weighted by molar-refractivity contribution is 0.588. The summed E-state index contributed by atoms with van der Waals surface area (Å²) in [6.07, 6.45) is 2.01. The number of imidazole rings is 2. The zero-order valence-electron chi connectivity index (χ0n) is 21.2. The summed E-state index contributed by atoms with van der Waals surface area (Å²) in [6.45, 7) is 0.651. The first-order valence-corrected chi connectivity index (χ1v) is 13.6. The number of hydrogen-bond donors (Lipinski definition) is 1. The van der Waals surface area contributed by atoms with Gasteiger partial charge in [0.25, 0.3) is 0 Å². The molecule has 0 unspecified atom stereocenters. The average molecular weight is 527 g/mol. The van der Waals surface area contributed by atoms with Gasteiger partial charge >= 0.3 is 5.69 Å². The van der Waals surface area contributed by atoms with Crippen molar-refractivity contribution in [2.24, 2.45) is 14.1 Å². The molecule has 0 amide bonds. The summed E-state index contributed by atoms with van der Waals surface area (Å²) in [5.41, 5.74) is 5.55. The summed E-state index contributed by atoms with van der Waals surface area (Å²) in [4.78, 5) is 17.7. The minimum atomic E-state index is -3.67. The monoisotopic (exact) mass is 526 g/mol. The maximum Gasteiger partial charge on any atom is 0.328 e. The molecule has 0 aliphatic rings. The van der Waals surface area contributed by atoms with Crippen molar-refractivity contribution in [3.63, 3.8) is 0 Å². The highest BCUT2D eigenvalue weighted by Crippen LogP contribution is 2.32. The third-order valence-corrected chi connectivity index (χ3v) is 8.39. The molecule has 3 heterocycles. The molecule has 9 nitrogen and oxygen atoms in total. The lowest BCUT2D eigenvalue weighted by Crippen LogP contribution is -2.19. The number of aryl methyl sites for hydroxylation is 2. The van der Waals surface area contributed by atoms with E-state index in [1.54, 1.807) is 41.4 Å². The molecule has 38 heavy (non-hydrogen) atoms. The van der Waals surface area contributed by atoms with Crippen LogP contribution in [0.1, 0.15) is 5.56 Å². The molecule has 6 aromatic rings. The Bertz CT molecular complexity index is 2000. The Morgan fingerprint density at radius 1 is 0.842 bits per heavy atom. The number of fused-ring (bicyclic) bond motifs is 2. The van der Waals surface area contributed by atoms with Crippen LogP contribution in [0, 0.1) is 0 Å². The largest absolute Gasteiger partial charge is 0.341 e. The van der Waals surface area contributed by atoms with Crippen LogP contribution in [0.25, 0.3) is 39.3 Å². The highest BCUT2D eigenvalue weighted by atomic mass is 32.2. The fraction of sp³-hybridized carbons (Fsp3) is 0.143. The zero-order valence-corrected chi connectivity index (χ0v) is 22.0. The molecule has 10 heteroatoms. The number of nitrogens with one attached hydrogen (secondary N) is 1. The molecule has 0 aliphatic heterocycles. The van der Waals surface area contributed by atoms with Crippen molar-refractivity contribution in [1.29, 1.82) is 0 Å². The molecule has 0 bridgehead atoms. The summed E-state index contributed by atoms with van der Waals surface area (Å²) in [5, 5.41) is 0. The van der Waals surface area contributed by atoms with E-state index in [4.69, 9.17) is 4.98 Å². The zero-order chi connectivity index (χ0) is 26.6. The van der Waals surface area contributed by atoms with Crippen molar-refractivity contribution in [2.45, 2.75) is 11.4 Å². The lowest BCUT2D eigenvalue weighted by atomic mass is 10.2. The Balaban J connectivity index is 1.63. The van der Waals surface area contributed by atoms with E-state index in [1.807, 2.05) is 59.3 Å². The first kappa shape index (κ1) is 24.0. The van der Waals surface area contributed by atoms with E-state index in [2.05, 4.69) is 21.4 Å². The number of aromatic nitrogens is 5. The Morgan fingerprint density at radius 3 is 2.37 bits per heavy atom. The second kappa shape index (κ2) is 8.86. The maximum absolute atomic E-state index is 12.7. The van der Waals surface area contributed by atoms with E-state index >= 15 is 0 Å². The van der Waals surface area contributed by atoms with Gasteiger partial charge < -0.3 is 4.57 Å². The molecule has 3 aromatic heterocycles. The SMILES string of the molecule is CNS(=O)(=O)c1ccc2nc(-c3cccn3Cc3ccccc3)n(-c3ccc4c(c3)n(C)c(=O)n4C)c2c1. The van der Waals surface area contributed by atoms with Crippen LogP contribution in [0.4, 0.5) is 0 Å². The van der Waals surface area contributed by atoms with Gasteiger partial charge in [0.05, 0.1) is 32.7 Å². The van der Waals surface area contributed by atoms with Crippen LogP contribution in [0.2, 0.25) is 0 Å². The Morgan fingerprint density at radius 2 is 1.61 bits per heavy atom. The minimum absolute atomic E-state index is 0.119. The molecule has 0 saturated heterocycles. The molecule has 0 saturated carbocycles. The quantitative estimate of drug-likeness (QED) is 0.359. The molecular weight excluding hydrogens is 500 g/mol. The number of nitrogens with zero attached hydrogens (tertiary/aromatic N) is 5. The highest BCUT2D eigenvalue weighted by molar-refractivity contribution is 7.89. The van der Waals surface area contributed by atoms with Crippen molar-refractivity contribution >= 4 is 32.1 Å². The fourth-order valence-corrected chi connectivity index (χ4v) is 5.69. The Labute approximate surface area is 219 Å². The molecule has 0 fully saturated rings. The molecule has 1 N–H and O–H groups in total. The normalized spacial score (nSPS) is 12.1. The van der Waals surface area contributed by atoms with Gasteiger partial charge in [0.15, 0.2) is 5.82 Å². The molecule has 0 radical (unpaired) electrons. The van der Waals surface area contributed by atoms with Gasteiger partial charge in [0.1, 0.15) is 0 Å². The Hall–Kier alpha value is -4.41. The van der Waals surface area contributed by atoms with Crippen LogP contribution in [-0.2, 0) is 30.7 Å². The third-order valence-electron chi connectivity index (χ3n) is 6.97. The van der Waals surface area contributed by atoms with Gasteiger partial charge in [-0.05, 0) is 61.1 Å². The molecule has 0 spiro atoms. The van der Waals surface area contributed by atoms with Gasteiger partial charge in [-0.25, -0.2) is 22.9 Å². The lowest BCUT2D eigenvalue weighted by Gasteiger charge is -2.13. The van der Waals surface area contributed by atoms with E-state index in [0.717, 1.165) is 28.0 Å². The molecule has 192 valence electrons. The Kier molecular flexibility index (Phi) is 5.59. The van der Waals surface area contributed by atoms with E-state index in [1.165, 1.54) is 7.05 Å². The summed E-state index contributed by atoms with van der Waals surface area (Å²) in [5.74, 6) is 0.667. The maximum atomic E-state index is 12.7. The van der Waals surface area contributed by atoms with Gasteiger partial charge in [0.2, 0.25) is 10.0 Å². The highest BCUT2D eigenvalue weighted by Gasteiger charge is 2.21. The molecule has 0 aliphatic carbocycles. The van der Waals surface area contributed by atoms with Crippen LogP contribution in [-0.4, -0.2) is 38.7 Å². The first-order chi connectivity index (χ1) is 18.3. The number of sulfonamides is 1. The van der Waals surface area contributed by atoms with Crippen LogP contribution in [0.3, 0.4) is 0 Å². The first-order valence-electron chi connectivity index (χ1n) is 12.1. The number of hydrogen-bond acceptors (Lipinski definition) is 4. The predicted octanol–water partition coefficient (Wildman–Crippen LogP) is 3.64. The van der Waals surface area contributed by atoms with Gasteiger partial charge in [-0.1, -0.05) is 30.3 Å². The molecule has 3 aromatic carbocycles. The van der Waals surface area contributed by atoms with Crippen molar-refractivity contribution in [2.75, 3.05) is 7.05 Å². The van der Waals surface area contributed by atoms with Gasteiger partial charge in [0, 0.05) is 32.5 Å².